The highest BCUT2D eigenvalue weighted by atomic mass is 16.5. The lowest BCUT2D eigenvalue weighted by Gasteiger charge is -2.12. The smallest absolute Gasteiger partial charge is 0.335 e. The molecule has 0 fully saturated rings. The van der Waals surface area contributed by atoms with E-state index in [2.05, 4.69) is 0 Å². The van der Waals surface area contributed by atoms with Gasteiger partial charge < -0.3 is 9.84 Å². The van der Waals surface area contributed by atoms with Gasteiger partial charge in [-0.3, -0.25) is 0 Å². The van der Waals surface area contributed by atoms with E-state index in [1.165, 1.54) is 0 Å². The van der Waals surface area contributed by atoms with Crippen molar-refractivity contribution in [3.05, 3.63) is 96.6 Å². The minimum Gasteiger partial charge on any atom is -0.478 e. The Kier molecular flexibility index (Phi) is 4.12. The van der Waals surface area contributed by atoms with Gasteiger partial charge in [0.2, 0.25) is 0 Å². The first kappa shape index (κ1) is 15.9. The van der Waals surface area contributed by atoms with E-state index in [1.807, 2.05) is 78.9 Å². The Bertz CT molecular complexity index is 1080. The first-order valence-electron chi connectivity index (χ1n) is 8.30. The van der Waals surface area contributed by atoms with Crippen molar-refractivity contribution < 1.29 is 14.6 Å². The summed E-state index contributed by atoms with van der Waals surface area (Å²) in [6, 6.07) is 28.7. The SMILES string of the molecule is O=C(O)c1ccc2cc(-c3ccccc3Oc3ccccc3)ccc2c1. The van der Waals surface area contributed by atoms with Gasteiger partial charge in [-0.2, -0.15) is 0 Å². The van der Waals surface area contributed by atoms with Gasteiger partial charge >= 0.3 is 5.97 Å². The number of carbonyl (C=O) groups is 1. The van der Waals surface area contributed by atoms with Gasteiger partial charge in [-0.05, 0) is 52.7 Å². The predicted octanol–water partition coefficient (Wildman–Crippen LogP) is 6.00. The third kappa shape index (κ3) is 3.15. The maximum atomic E-state index is 11.1. The Balaban J connectivity index is 1.75. The van der Waals surface area contributed by atoms with E-state index in [4.69, 9.17) is 9.84 Å². The van der Waals surface area contributed by atoms with Crippen LogP contribution in [0.2, 0.25) is 0 Å². The number of ether oxygens (including phenoxy) is 1. The number of fused-ring (bicyclic) bond motifs is 1. The van der Waals surface area contributed by atoms with Crippen LogP contribution in [-0.4, -0.2) is 11.1 Å². The molecule has 0 amide bonds. The fraction of sp³-hybridized carbons (Fsp3) is 0. The Hall–Kier alpha value is -3.59. The second kappa shape index (κ2) is 6.73. The third-order valence-electron chi connectivity index (χ3n) is 4.26. The normalized spacial score (nSPS) is 10.6. The molecule has 0 atom stereocenters. The van der Waals surface area contributed by atoms with Gasteiger partial charge in [0.1, 0.15) is 11.5 Å². The van der Waals surface area contributed by atoms with E-state index in [0.29, 0.717) is 0 Å². The molecular formula is C23H16O3. The summed E-state index contributed by atoms with van der Waals surface area (Å²) in [6.07, 6.45) is 0. The topological polar surface area (TPSA) is 46.5 Å². The third-order valence-corrected chi connectivity index (χ3v) is 4.26. The van der Waals surface area contributed by atoms with E-state index in [-0.39, 0.29) is 5.56 Å². The highest BCUT2D eigenvalue weighted by molar-refractivity contribution is 5.96. The van der Waals surface area contributed by atoms with Gasteiger partial charge in [-0.1, -0.05) is 54.6 Å². The second-order valence-corrected chi connectivity index (χ2v) is 5.99. The van der Waals surface area contributed by atoms with Gasteiger partial charge in [0.05, 0.1) is 5.56 Å². The molecule has 3 nitrogen and oxygen atoms in total. The molecule has 0 aromatic heterocycles. The summed E-state index contributed by atoms with van der Waals surface area (Å²) in [4.78, 5) is 11.1. The Morgan fingerprint density at radius 1 is 0.731 bits per heavy atom. The second-order valence-electron chi connectivity index (χ2n) is 5.99. The number of hydrogen-bond donors (Lipinski definition) is 1. The molecule has 0 bridgehead atoms. The van der Waals surface area contributed by atoms with Crippen molar-refractivity contribution >= 4 is 16.7 Å². The molecule has 0 unspecified atom stereocenters. The van der Waals surface area contributed by atoms with E-state index in [9.17, 15) is 4.79 Å². The number of carboxylic acid groups (broad SMARTS) is 1. The molecule has 0 spiro atoms. The molecule has 126 valence electrons. The summed E-state index contributed by atoms with van der Waals surface area (Å²) in [7, 11) is 0. The molecular weight excluding hydrogens is 324 g/mol. The Labute approximate surface area is 151 Å². The molecule has 0 aliphatic rings. The zero-order valence-electron chi connectivity index (χ0n) is 13.9. The lowest BCUT2D eigenvalue weighted by Crippen LogP contribution is -1.95. The van der Waals surface area contributed by atoms with Crippen molar-refractivity contribution in [2.45, 2.75) is 0 Å². The quantitative estimate of drug-likeness (QED) is 0.496. The molecule has 0 radical (unpaired) electrons. The molecule has 0 saturated carbocycles. The first-order chi connectivity index (χ1) is 12.7. The van der Waals surface area contributed by atoms with Crippen LogP contribution in [0.15, 0.2) is 91.0 Å². The van der Waals surface area contributed by atoms with Crippen LogP contribution in [-0.2, 0) is 0 Å². The molecule has 0 aliphatic heterocycles. The minimum absolute atomic E-state index is 0.290. The van der Waals surface area contributed by atoms with Crippen LogP contribution in [0.1, 0.15) is 10.4 Å². The van der Waals surface area contributed by atoms with Crippen LogP contribution in [0.5, 0.6) is 11.5 Å². The summed E-state index contributed by atoms with van der Waals surface area (Å²) in [6.45, 7) is 0. The monoisotopic (exact) mass is 340 g/mol. The summed E-state index contributed by atoms with van der Waals surface area (Å²) in [5.74, 6) is 0.643. The van der Waals surface area contributed by atoms with E-state index < -0.39 is 5.97 Å². The average Bonchev–Trinajstić information content (AvgIpc) is 2.68. The molecule has 26 heavy (non-hydrogen) atoms. The predicted molar refractivity (Wildman–Crippen MR) is 103 cm³/mol. The summed E-state index contributed by atoms with van der Waals surface area (Å²) in [5, 5.41) is 11.0. The van der Waals surface area contributed by atoms with Crippen molar-refractivity contribution in [3.63, 3.8) is 0 Å². The number of para-hydroxylation sites is 2. The van der Waals surface area contributed by atoms with Crippen molar-refractivity contribution in [1.82, 2.24) is 0 Å². The molecule has 1 N–H and O–H groups in total. The van der Waals surface area contributed by atoms with Crippen LogP contribution >= 0.6 is 0 Å². The fourth-order valence-corrected chi connectivity index (χ4v) is 2.96. The summed E-state index contributed by atoms with van der Waals surface area (Å²) in [5.41, 5.74) is 2.30. The number of hydrogen-bond acceptors (Lipinski definition) is 2. The van der Waals surface area contributed by atoms with Gasteiger partial charge in [-0.15, -0.1) is 0 Å². The van der Waals surface area contributed by atoms with Crippen LogP contribution in [0.3, 0.4) is 0 Å². The number of rotatable bonds is 4. The van der Waals surface area contributed by atoms with Crippen molar-refractivity contribution in [2.24, 2.45) is 0 Å². The van der Waals surface area contributed by atoms with Crippen molar-refractivity contribution in [3.8, 4) is 22.6 Å². The first-order valence-corrected chi connectivity index (χ1v) is 8.30. The van der Waals surface area contributed by atoms with Gasteiger partial charge in [0.15, 0.2) is 0 Å². The number of benzene rings is 4. The molecule has 4 aromatic carbocycles. The maximum Gasteiger partial charge on any atom is 0.335 e. The van der Waals surface area contributed by atoms with Crippen LogP contribution in [0.4, 0.5) is 0 Å². The standard InChI is InChI=1S/C23H16O3/c24-23(25)19-13-11-16-14-18(12-10-17(16)15-19)21-8-4-5-9-22(21)26-20-6-2-1-3-7-20/h1-15H,(H,24,25). The fourth-order valence-electron chi connectivity index (χ4n) is 2.96. The largest absolute Gasteiger partial charge is 0.478 e. The number of aromatic carboxylic acids is 1. The zero-order chi connectivity index (χ0) is 17.9. The van der Waals surface area contributed by atoms with E-state index in [1.54, 1.807) is 12.1 Å². The van der Waals surface area contributed by atoms with Gasteiger partial charge in [-0.25, -0.2) is 4.79 Å². The van der Waals surface area contributed by atoms with E-state index >= 15 is 0 Å². The Morgan fingerprint density at radius 3 is 2.23 bits per heavy atom. The van der Waals surface area contributed by atoms with E-state index in [0.717, 1.165) is 33.4 Å². The van der Waals surface area contributed by atoms with Crippen LogP contribution in [0.25, 0.3) is 21.9 Å². The average molecular weight is 340 g/mol. The lowest BCUT2D eigenvalue weighted by atomic mass is 9.99. The molecule has 3 heteroatoms. The molecule has 0 heterocycles. The van der Waals surface area contributed by atoms with Gasteiger partial charge in [0, 0.05) is 5.56 Å². The highest BCUT2D eigenvalue weighted by Crippen LogP contribution is 2.34. The van der Waals surface area contributed by atoms with Crippen molar-refractivity contribution in [2.75, 3.05) is 0 Å². The summed E-state index contributed by atoms with van der Waals surface area (Å²) >= 11 is 0. The molecule has 0 aliphatic carbocycles. The van der Waals surface area contributed by atoms with Gasteiger partial charge in [0.25, 0.3) is 0 Å². The molecule has 4 aromatic rings. The van der Waals surface area contributed by atoms with Crippen molar-refractivity contribution in [1.29, 1.82) is 0 Å². The number of carboxylic acids is 1. The maximum absolute atomic E-state index is 11.1. The minimum atomic E-state index is -0.919. The lowest BCUT2D eigenvalue weighted by molar-refractivity contribution is 0.0697. The molecule has 4 rings (SSSR count). The van der Waals surface area contributed by atoms with Crippen LogP contribution < -0.4 is 4.74 Å². The van der Waals surface area contributed by atoms with Crippen LogP contribution in [0, 0.1) is 0 Å². The zero-order valence-corrected chi connectivity index (χ0v) is 13.9. The Morgan fingerprint density at radius 2 is 1.42 bits per heavy atom. The molecule has 0 saturated heterocycles. The summed E-state index contributed by atoms with van der Waals surface area (Å²) < 4.78 is 6.05. The highest BCUT2D eigenvalue weighted by Gasteiger charge is 2.09.